The maximum absolute atomic E-state index is 15.7. The molecule has 0 aliphatic carbocycles. The van der Waals surface area contributed by atoms with Crippen LogP contribution in [0.4, 0.5) is 15.9 Å². The molecule has 9 nitrogen and oxygen atoms in total. The molecule has 3 heterocycles. The van der Waals surface area contributed by atoms with Crippen molar-refractivity contribution in [1.29, 1.82) is 5.26 Å². The number of pyridine rings is 1. The number of aryl methyl sites for hydroxylation is 2. The van der Waals surface area contributed by atoms with Crippen LogP contribution in [0.15, 0.2) is 73.1 Å². The zero-order valence-corrected chi connectivity index (χ0v) is 22.0. The van der Waals surface area contributed by atoms with E-state index in [0.717, 1.165) is 5.69 Å². The number of nitrogens with two attached hydrogens (primary N) is 1. The van der Waals surface area contributed by atoms with Crippen molar-refractivity contribution in [1.82, 2.24) is 19.5 Å². The molecule has 0 fully saturated rings. The van der Waals surface area contributed by atoms with Gasteiger partial charge in [-0.2, -0.15) is 5.26 Å². The Morgan fingerprint density at radius 1 is 1.18 bits per heavy atom. The van der Waals surface area contributed by atoms with Gasteiger partial charge in [0.1, 0.15) is 23.5 Å². The molecule has 0 radical (unpaired) electrons. The number of nitrogens with one attached hydrogen (secondary N) is 1. The molecule has 0 unspecified atom stereocenters. The molecule has 3 aromatic heterocycles. The minimum absolute atomic E-state index is 0.199. The second kappa shape index (κ2) is 10.3. The summed E-state index contributed by atoms with van der Waals surface area (Å²) in [6.45, 7) is 7.02. The number of fused-ring (bicyclic) bond motifs is 1. The molecule has 0 saturated carbocycles. The highest BCUT2D eigenvalue weighted by atomic mass is 19.1. The Labute approximate surface area is 229 Å². The zero-order valence-electron chi connectivity index (χ0n) is 22.0. The number of ether oxygens (including phenoxy) is 1. The minimum Gasteiger partial charge on any atom is -0.424 e. The van der Waals surface area contributed by atoms with E-state index in [9.17, 15) is 10.1 Å². The number of nitrogen functional groups attached to an aromatic ring is 1. The third-order valence-corrected chi connectivity index (χ3v) is 6.35. The van der Waals surface area contributed by atoms with E-state index in [2.05, 4.69) is 32.9 Å². The molecular formula is C30H24FN7O2. The van der Waals surface area contributed by atoms with Gasteiger partial charge in [0.25, 0.3) is 5.91 Å². The fourth-order valence-corrected chi connectivity index (χ4v) is 4.48. The number of nitriles is 1. The van der Waals surface area contributed by atoms with E-state index in [4.69, 9.17) is 10.5 Å². The van der Waals surface area contributed by atoms with Crippen molar-refractivity contribution in [3.05, 3.63) is 90.2 Å². The summed E-state index contributed by atoms with van der Waals surface area (Å²) in [5.74, 6) is -0.282. The van der Waals surface area contributed by atoms with Gasteiger partial charge in [-0.15, -0.1) is 0 Å². The molecule has 40 heavy (non-hydrogen) atoms. The summed E-state index contributed by atoms with van der Waals surface area (Å²) < 4.78 is 23.2. The average Bonchev–Trinajstić information content (AvgIpc) is 3.23. The minimum atomic E-state index is -0.576. The number of aromatic nitrogens is 4. The molecule has 5 aromatic rings. The molecule has 0 spiro atoms. The van der Waals surface area contributed by atoms with Gasteiger partial charge in [-0.05, 0) is 55.8 Å². The summed E-state index contributed by atoms with van der Waals surface area (Å²) in [6, 6.07) is 15.7. The number of hydrogen-bond donors (Lipinski definition) is 2. The second-order valence-electron chi connectivity index (χ2n) is 9.21. The van der Waals surface area contributed by atoms with Crippen molar-refractivity contribution >= 4 is 28.3 Å². The highest BCUT2D eigenvalue weighted by Gasteiger charge is 2.25. The highest BCUT2D eigenvalue weighted by molar-refractivity contribution is 6.11. The first-order valence-electron chi connectivity index (χ1n) is 12.2. The first kappa shape index (κ1) is 26.1. The summed E-state index contributed by atoms with van der Waals surface area (Å²) >= 11 is 0. The molecule has 5 rings (SSSR count). The van der Waals surface area contributed by atoms with Gasteiger partial charge in [-0.25, -0.2) is 19.3 Å². The second-order valence-corrected chi connectivity index (χ2v) is 9.21. The monoisotopic (exact) mass is 533 g/mol. The molecule has 0 bridgehead atoms. The molecule has 1 amide bonds. The Bertz CT molecular complexity index is 1850. The van der Waals surface area contributed by atoms with Crippen LogP contribution >= 0.6 is 0 Å². The largest absolute Gasteiger partial charge is 0.424 e. The summed E-state index contributed by atoms with van der Waals surface area (Å²) in [5, 5.41) is 13.0. The van der Waals surface area contributed by atoms with Crippen molar-refractivity contribution in [3.63, 3.8) is 0 Å². The molecule has 3 N–H and O–H groups in total. The lowest BCUT2D eigenvalue weighted by Crippen LogP contribution is -2.12. The Hall–Kier alpha value is -5.56. The van der Waals surface area contributed by atoms with Gasteiger partial charge < -0.3 is 20.4 Å². The quantitative estimate of drug-likeness (QED) is 0.260. The van der Waals surface area contributed by atoms with E-state index in [1.165, 1.54) is 12.3 Å². The van der Waals surface area contributed by atoms with Gasteiger partial charge >= 0.3 is 6.01 Å². The van der Waals surface area contributed by atoms with Crippen LogP contribution in [0.1, 0.15) is 18.2 Å². The molecule has 0 aliphatic rings. The van der Waals surface area contributed by atoms with Crippen LogP contribution in [-0.4, -0.2) is 25.4 Å². The van der Waals surface area contributed by atoms with Crippen LogP contribution in [0.3, 0.4) is 0 Å². The van der Waals surface area contributed by atoms with Crippen molar-refractivity contribution in [3.8, 4) is 40.2 Å². The summed E-state index contributed by atoms with van der Waals surface area (Å²) in [5.41, 5.74) is 10.5. The standard InChI is InChI=1S/C30H24FN7O2/c1-16(2)29(39)37-20-7-10-22(23(31)13-20)27-24(25-26(38(27)4)19(14-32)15-35-28(25)33)18-5-8-21(9-6-18)40-30-34-12-11-17(3)36-30/h5-13,15H,1H2,2-4H3,(H2,33,35)(H,37,39). The molecular weight excluding hydrogens is 509 g/mol. The summed E-state index contributed by atoms with van der Waals surface area (Å²) in [4.78, 5) is 24.7. The lowest BCUT2D eigenvalue weighted by molar-refractivity contribution is -0.112. The fraction of sp³-hybridized carbons (Fsp3) is 0.100. The van der Waals surface area contributed by atoms with Crippen molar-refractivity contribution < 1.29 is 13.9 Å². The highest BCUT2D eigenvalue weighted by Crippen LogP contribution is 2.44. The van der Waals surface area contributed by atoms with Crippen molar-refractivity contribution in [2.45, 2.75) is 13.8 Å². The number of rotatable bonds is 6. The Balaban J connectivity index is 1.67. The molecule has 0 saturated heterocycles. The van der Waals surface area contributed by atoms with Crippen molar-refractivity contribution in [2.24, 2.45) is 7.05 Å². The van der Waals surface area contributed by atoms with Crippen LogP contribution in [0, 0.1) is 24.1 Å². The van der Waals surface area contributed by atoms with E-state index < -0.39 is 11.7 Å². The van der Waals surface area contributed by atoms with Crippen LogP contribution < -0.4 is 15.8 Å². The van der Waals surface area contributed by atoms with Crippen molar-refractivity contribution in [2.75, 3.05) is 11.1 Å². The average molecular weight is 534 g/mol. The van der Waals surface area contributed by atoms with Gasteiger partial charge in [-0.1, -0.05) is 18.7 Å². The van der Waals surface area contributed by atoms with E-state index in [1.807, 2.05) is 6.92 Å². The predicted molar refractivity (Wildman–Crippen MR) is 151 cm³/mol. The number of anilines is 2. The molecule has 10 heteroatoms. The number of carbonyl (C=O) groups excluding carboxylic acids is 1. The third-order valence-electron chi connectivity index (χ3n) is 6.35. The Kier molecular flexibility index (Phi) is 6.71. The lowest BCUT2D eigenvalue weighted by atomic mass is 9.97. The van der Waals surface area contributed by atoms with Gasteiger partial charge in [0.05, 0.1) is 22.2 Å². The number of benzene rings is 2. The van der Waals surface area contributed by atoms with Gasteiger partial charge in [-0.3, -0.25) is 4.79 Å². The van der Waals surface area contributed by atoms with Gasteiger partial charge in [0, 0.05) is 47.5 Å². The predicted octanol–water partition coefficient (Wildman–Crippen LogP) is 5.91. The van der Waals surface area contributed by atoms with Crippen LogP contribution in [0.5, 0.6) is 11.8 Å². The number of carbonyl (C=O) groups is 1. The summed E-state index contributed by atoms with van der Waals surface area (Å²) in [6.07, 6.45) is 3.01. The Morgan fingerprint density at radius 3 is 2.58 bits per heavy atom. The Morgan fingerprint density at radius 2 is 1.93 bits per heavy atom. The molecule has 198 valence electrons. The van der Waals surface area contributed by atoms with Crippen LogP contribution in [0.2, 0.25) is 0 Å². The number of halogens is 1. The third kappa shape index (κ3) is 4.72. The van der Waals surface area contributed by atoms with E-state index in [-0.39, 0.29) is 23.1 Å². The number of nitrogens with zero attached hydrogens (tertiary/aromatic N) is 5. The molecule has 0 atom stereocenters. The van der Waals surface area contributed by atoms with Crippen LogP contribution in [0.25, 0.3) is 33.3 Å². The van der Waals surface area contributed by atoms with Gasteiger partial charge in [0.2, 0.25) is 0 Å². The summed E-state index contributed by atoms with van der Waals surface area (Å²) in [7, 11) is 1.74. The molecule has 0 aliphatic heterocycles. The maximum atomic E-state index is 15.7. The SMILES string of the molecule is C=C(C)C(=O)Nc1ccc(-c2c(-c3ccc(Oc4nccc(C)n4)cc3)c3c(N)ncc(C#N)c3n2C)c(F)c1. The van der Waals surface area contributed by atoms with E-state index in [1.54, 1.807) is 67.2 Å². The lowest BCUT2D eigenvalue weighted by Gasteiger charge is -2.12. The number of amides is 1. The zero-order chi connectivity index (χ0) is 28.6. The normalized spacial score (nSPS) is 10.8. The first-order chi connectivity index (χ1) is 19.2. The van der Waals surface area contributed by atoms with Crippen LogP contribution in [-0.2, 0) is 11.8 Å². The maximum Gasteiger partial charge on any atom is 0.322 e. The molecule has 2 aromatic carbocycles. The van der Waals surface area contributed by atoms with E-state index in [0.29, 0.717) is 44.6 Å². The van der Waals surface area contributed by atoms with E-state index >= 15 is 4.39 Å². The topological polar surface area (TPSA) is 132 Å². The smallest absolute Gasteiger partial charge is 0.322 e. The number of hydrogen-bond acceptors (Lipinski definition) is 7. The first-order valence-corrected chi connectivity index (χ1v) is 12.2. The van der Waals surface area contributed by atoms with Gasteiger partial charge in [0.15, 0.2) is 0 Å². The fourth-order valence-electron chi connectivity index (χ4n) is 4.48.